The quantitative estimate of drug-likeness (QED) is 0.443. The Labute approximate surface area is 150 Å². The van der Waals surface area contributed by atoms with Gasteiger partial charge in [-0.3, -0.25) is 4.79 Å². The van der Waals surface area contributed by atoms with E-state index in [2.05, 4.69) is 9.97 Å². The molecule has 0 aliphatic rings. The zero-order chi connectivity index (χ0) is 18.5. The summed E-state index contributed by atoms with van der Waals surface area (Å²) in [5.74, 6) is 0.168. The minimum atomic E-state index is -0.0961. The van der Waals surface area contributed by atoms with Crippen LogP contribution in [0.25, 0.3) is 21.8 Å². The monoisotopic (exact) mass is 348 g/mol. The van der Waals surface area contributed by atoms with Gasteiger partial charge in [0.15, 0.2) is 0 Å². The predicted octanol–water partition coefficient (Wildman–Crippen LogP) is 2.39. The number of para-hydroxylation sites is 2. The van der Waals surface area contributed by atoms with E-state index in [0.717, 1.165) is 21.8 Å². The van der Waals surface area contributed by atoms with Crippen molar-refractivity contribution in [2.45, 2.75) is 13.1 Å². The van der Waals surface area contributed by atoms with Crippen LogP contribution in [-0.4, -0.2) is 15.1 Å². The number of benzene rings is 2. The number of aromatic hydroxyl groups is 1. The highest BCUT2D eigenvalue weighted by molar-refractivity contribution is 5.80. The lowest BCUT2D eigenvalue weighted by Crippen LogP contribution is -2.15. The van der Waals surface area contributed by atoms with E-state index < -0.39 is 0 Å². The van der Waals surface area contributed by atoms with Crippen molar-refractivity contribution in [1.29, 1.82) is 0 Å². The smallest absolute Gasteiger partial charge is 0.252 e. The molecule has 0 saturated carbocycles. The Kier molecular flexibility index (Phi) is 5.26. The van der Waals surface area contributed by atoms with Crippen molar-refractivity contribution in [3.8, 4) is 5.75 Å². The second-order valence-electron chi connectivity index (χ2n) is 5.77. The molecule has 26 heavy (non-hydrogen) atoms. The molecule has 2 aromatic heterocycles. The largest absolute Gasteiger partial charge is 0.506 e. The highest BCUT2D eigenvalue weighted by atomic mass is 16.3. The van der Waals surface area contributed by atoms with Gasteiger partial charge in [-0.2, -0.15) is 0 Å². The van der Waals surface area contributed by atoms with Crippen molar-refractivity contribution in [3.63, 3.8) is 0 Å². The third-order valence-electron chi connectivity index (χ3n) is 4.02. The van der Waals surface area contributed by atoms with Gasteiger partial charge in [0.05, 0.1) is 11.2 Å². The first-order chi connectivity index (χ1) is 12.6. The number of fused-ring (bicyclic) bond motifs is 2. The average Bonchev–Trinajstić information content (AvgIpc) is 2.67. The molecule has 0 fully saturated rings. The van der Waals surface area contributed by atoms with Crippen LogP contribution in [0.15, 0.2) is 65.5 Å². The lowest BCUT2D eigenvalue weighted by atomic mass is 10.1. The SMILES string of the molecule is NCc1cc2ccccc2[nH]c1=O.NCc1nc2ccccc2cc1O. The fourth-order valence-electron chi connectivity index (χ4n) is 2.64. The average molecular weight is 348 g/mol. The van der Waals surface area contributed by atoms with E-state index in [0.29, 0.717) is 11.3 Å². The summed E-state index contributed by atoms with van der Waals surface area (Å²) in [5.41, 5.74) is 13.6. The second kappa shape index (κ2) is 7.77. The number of rotatable bonds is 2. The van der Waals surface area contributed by atoms with Crippen LogP contribution in [0, 0.1) is 0 Å². The van der Waals surface area contributed by atoms with Crippen LogP contribution in [0.1, 0.15) is 11.3 Å². The minimum absolute atomic E-state index is 0.0961. The van der Waals surface area contributed by atoms with Crippen LogP contribution in [0.5, 0.6) is 5.75 Å². The van der Waals surface area contributed by atoms with Crippen LogP contribution in [0.2, 0.25) is 0 Å². The third-order valence-corrected chi connectivity index (χ3v) is 4.02. The molecular weight excluding hydrogens is 328 g/mol. The first-order valence-corrected chi connectivity index (χ1v) is 8.21. The molecule has 6 heteroatoms. The van der Waals surface area contributed by atoms with Crippen molar-refractivity contribution >= 4 is 21.8 Å². The summed E-state index contributed by atoms with van der Waals surface area (Å²) in [7, 11) is 0. The van der Waals surface area contributed by atoms with E-state index in [1.165, 1.54) is 0 Å². The fraction of sp³-hybridized carbons (Fsp3) is 0.100. The molecule has 0 spiro atoms. The Bertz CT molecular complexity index is 1110. The van der Waals surface area contributed by atoms with E-state index in [1.54, 1.807) is 6.07 Å². The highest BCUT2D eigenvalue weighted by Gasteiger charge is 2.02. The zero-order valence-electron chi connectivity index (χ0n) is 14.1. The summed E-state index contributed by atoms with van der Waals surface area (Å²) in [4.78, 5) is 18.3. The predicted molar refractivity (Wildman–Crippen MR) is 104 cm³/mol. The number of pyridine rings is 2. The molecule has 0 radical (unpaired) electrons. The molecule has 0 bridgehead atoms. The van der Waals surface area contributed by atoms with Gasteiger partial charge in [-0.25, -0.2) is 4.98 Å². The standard InChI is InChI=1S/2C10H10N2O/c11-6-8-5-7-3-1-2-4-9(7)12-10(8)13;11-6-9-10(13)5-7-3-1-2-4-8(7)12-9/h1-5H,6,11H2,(H,12,13);1-5,13H,6,11H2. The van der Waals surface area contributed by atoms with Crippen LogP contribution in [-0.2, 0) is 13.1 Å². The molecule has 2 aromatic carbocycles. The number of nitrogens with zero attached hydrogens (tertiary/aromatic N) is 1. The molecule has 4 aromatic rings. The number of aromatic nitrogens is 2. The molecule has 0 unspecified atom stereocenters. The summed E-state index contributed by atoms with van der Waals surface area (Å²) in [5, 5.41) is 11.4. The maximum Gasteiger partial charge on any atom is 0.252 e. The van der Waals surface area contributed by atoms with Gasteiger partial charge in [-0.1, -0.05) is 36.4 Å². The van der Waals surface area contributed by atoms with Crippen LogP contribution in [0.4, 0.5) is 0 Å². The Morgan fingerprint density at radius 2 is 1.62 bits per heavy atom. The Morgan fingerprint density at radius 1 is 0.923 bits per heavy atom. The molecule has 2 heterocycles. The van der Waals surface area contributed by atoms with Gasteiger partial charge >= 0.3 is 0 Å². The molecule has 4 rings (SSSR count). The van der Waals surface area contributed by atoms with Crippen LogP contribution < -0.4 is 17.0 Å². The Hall–Kier alpha value is -3.22. The first kappa shape index (κ1) is 17.6. The first-order valence-electron chi connectivity index (χ1n) is 8.21. The topological polar surface area (TPSA) is 118 Å². The minimum Gasteiger partial charge on any atom is -0.506 e. The maximum atomic E-state index is 11.3. The lowest BCUT2D eigenvalue weighted by Gasteiger charge is -2.02. The number of nitrogens with two attached hydrogens (primary N) is 2. The molecule has 0 saturated heterocycles. The van der Waals surface area contributed by atoms with Gasteiger partial charge in [-0.05, 0) is 29.7 Å². The van der Waals surface area contributed by atoms with E-state index in [4.69, 9.17) is 11.5 Å². The van der Waals surface area contributed by atoms with Crippen molar-refractivity contribution in [2.75, 3.05) is 0 Å². The number of hydrogen-bond donors (Lipinski definition) is 4. The summed E-state index contributed by atoms with van der Waals surface area (Å²) >= 11 is 0. The Morgan fingerprint density at radius 3 is 2.35 bits per heavy atom. The molecule has 0 amide bonds. The third kappa shape index (κ3) is 3.72. The van der Waals surface area contributed by atoms with Crippen molar-refractivity contribution < 1.29 is 5.11 Å². The fourth-order valence-corrected chi connectivity index (χ4v) is 2.64. The van der Waals surface area contributed by atoms with Crippen molar-refractivity contribution in [2.24, 2.45) is 11.5 Å². The summed E-state index contributed by atoms with van der Waals surface area (Å²) in [6.45, 7) is 0.539. The van der Waals surface area contributed by atoms with E-state index in [1.807, 2.05) is 54.6 Å². The maximum absolute atomic E-state index is 11.3. The van der Waals surface area contributed by atoms with Crippen molar-refractivity contribution in [1.82, 2.24) is 9.97 Å². The second-order valence-corrected chi connectivity index (χ2v) is 5.77. The van der Waals surface area contributed by atoms with Gasteiger partial charge < -0.3 is 21.6 Å². The number of nitrogens with one attached hydrogen (secondary N) is 1. The summed E-state index contributed by atoms with van der Waals surface area (Å²) < 4.78 is 0. The van der Waals surface area contributed by atoms with Crippen molar-refractivity contribution in [3.05, 3.63) is 82.3 Å². The van der Waals surface area contributed by atoms with Gasteiger partial charge in [0.1, 0.15) is 5.75 Å². The molecular formula is C20H20N4O2. The molecule has 0 aliphatic carbocycles. The van der Waals surface area contributed by atoms with E-state index in [-0.39, 0.29) is 24.4 Å². The van der Waals surface area contributed by atoms with Crippen LogP contribution in [0.3, 0.4) is 0 Å². The molecule has 0 atom stereocenters. The lowest BCUT2D eigenvalue weighted by molar-refractivity contribution is 0.466. The van der Waals surface area contributed by atoms with Crippen LogP contribution >= 0.6 is 0 Å². The number of hydrogen-bond acceptors (Lipinski definition) is 5. The summed E-state index contributed by atoms with van der Waals surface area (Å²) in [6, 6.07) is 18.8. The summed E-state index contributed by atoms with van der Waals surface area (Å²) in [6.07, 6.45) is 0. The van der Waals surface area contributed by atoms with Gasteiger partial charge in [-0.15, -0.1) is 0 Å². The van der Waals surface area contributed by atoms with E-state index >= 15 is 0 Å². The molecule has 6 N–H and O–H groups in total. The molecule has 0 aliphatic heterocycles. The van der Waals surface area contributed by atoms with Gasteiger partial charge in [0.25, 0.3) is 5.56 Å². The number of aromatic amines is 1. The highest BCUT2D eigenvalue weighted by Crippen LogP contribution is 2.20. The van der Waals surface area contributed by atoms with E-state index in [9.17, 15) is 9.90 Å². The van der Waals surface area contributed by atoms with Gasteiger partial charge in [0.2, 0.25) is 0 Å². The Balaban J connectivity index is 0.000000151. The molecule has 132 valence electrons. The zero-order valence-corrected chi connectivity index (χ0v) is 14.1. The normalized spacial score (nSPS) is 10.5. The number of H-pyrrole nitrogens is 1. The van der Waals surface area contributed by atoms with Gasteiger partial charge in [0, 0.05) is 29.6 Å². The molecule has 6 nitrogen and oxygen atoms in total.